The van der Waals surface area contributed by atoms with Crippen LogP contribution in [0, 0.1) is 0 Å². The number of hydrogen-bond acceptors (Lipinski definition) is 4. The molecule has 29 heavy (non-hydrogen) atoms. The fraction of sp³-hybridized carbons (Fsp3) is 0.909. The average molecular weight is 530 g/mol. The first-order chi connectivity index (χ1) is 13.4. The third-order valence-electron chi connectivity index (χ3n) is 4.64. The summed E-state index contributed by atoms with van der Waals surface area (Å²) in [5.74, 6) is 0. The van der Waals surface area contributed by atoms with E-state index in [4.69, 9.17) is 49.7 Å². The predicted octanol–water partition coefficient (Wildman–Crippen LogP) is 7.00. The van der Waals surface area contributed by atoms with Crippen LogP contribution < -0.4 is 0 Å². The molecule has 2 nitrogen and oxygen atoms in total. The molecule has 0 saturated carbocycles. The van der Waals surface area contributed by atoms with Gasteiger partial charge in [-0.05, 0) is 25.7 Å². The summed E-state index contributed by atoms with van der Waals surface area (Å²) in [6.07, 6.45) is 15.0. The van der Waals surface area contributed by atoms with Crippen molar-refractivity contribution in [3.63, 3.8) is 0 Å². The van der Waals surface area contributed by atoms with Gasteiger partial charge in [0, 0.05) is 26.2 Å². The van der Waals surface area contributed by atoms with Crippen LogP contribution in [0.25, 0.3) is 0 Å². The number of rotatable bonds is 16. The fourth-order valence-electron chi connectivity index (χ4n) is 2.80. The molecule has 0 spiro atoms. The summed E-state index contributed by atoms with van der Waals surface area (Å²) >= 11 is 20.2. The number of nitrogens with zero attached hydrogens (tertiary/aromatic N) is 2. The van der Waals surface area contributed by atoms with Crippen LogP contribution in [0.3, 0.4) is 0 Å². The van der Waals surface area contributed by atoms with Gasteiger partial charge in [0.15, 0.2) is 0 Å². The second-order valence-electron chi connectivity index (χ2n) is 7.33. The Morgan fingerprint density at radius 2 is 0.724 bits per heavy atom. The summed E-state index contributed by atoms with van der Waals surface area (Å²) in [6.45, 7) is 13.1. The van der Waals surface area contributed by atoms with Crippen molar-refractivity contribution in [3.8, 4) is 0 Å². The van der Waals surface area contributed by atoms with E-state index in [1.54, 1.807) is 0 Å². The monoisotopic (exact) mass is 528 g/mol. The first kappa shape index (κ1) is 34.5. The number of thiocarbonyl (C=S) groups is 2. The van der Waals surface area contributed by atoms with Crippen LogP contribution in [0.1, 0.15) is 105 Å². The molecule has 0 bridgehead atoms. The van der Waals surface area contributed by atoms with E-state index < -0.39 is 0 Å². The zero-order valence-corrected chi connectivity index (χ0v) is 25.8. The van der Waals surface area contributed by atoms with Gasteiger partial charge in [0.25, 0.3) is 0 Å². The van der Waals surface area contributed by atoms with Crippen molar-refractivity contribution in [2.24, 2.45) is 0 Å². The maximum atomic E-state index is 5.06. The van der Waals surface area contributed by atoms with Crippen LogP contribution in [-0.4, -0.2) is 44.6 Å². The second-order valence-corrected chi connectivity index (χ2v) is 9.40. The van der Waals surface area contributed by atoms with Gasteiger partial charge in [-0.2, -0.15) is 0 Å². The largest absolute Gasteiger partial charge is 2.00 e. The molecule has 0 fully saturated rings. The van der Waals surface area contributed by atoms with Gasteiger partial charge < -0.3 is 59.5 Å². The zero-order valence-electron chi connectivity index (χ0n) is 19.5. The maximum Gasteiger partial charge on any atom is 2.00 e. The standard InChI is InChI=1S/2C11H23NS2.Zn/c2*1-3-5-7-9-12(11(13)14)10-8-6-4-2;/h2*3-10H2,1-2H3,(H,13,14);/q;;+2/p-2. The van der Waals surface area contributed by atoms with Crippen molar-refractivity contribution in [2.45, 2.75) is 105 Å². The Morgan fingerprint density at radius 1 is 0.517 bits per heavy atom. The van der Waals surface area contributed by atoms with Crippen LogP contribution in [-0.2, 0) is 44.7 Å². The Balaban J connectivity index is -0.000000451. The van der Waals surface area contributed by atoms with E-state index >= 15 is 0 Å². The van der Waals surface area contributed by atoms with Gasteiger partial charge >= 0.3 is 19.5 Å². The smallest absolute Gasteiger partial charge is 0.411 e. The molecule has 0 aliphatic heterocycles. The fourth-order valence-corrected chi connectivity index (χ4v) is 3.53. The Bertz CT molecular complexity index is 317. The minimum atomic E-state index is 0. The van der Waals surface area contributed by atoms with Crippen LogP contribution >= 0.6 is 24.4 Å². The Labute approximate surface area is 217 Å². The van der Waals surface area contributed by atoms with Gasteiger partial charge in [0.05, 0.1) is 0 Å². The molecular weight excluding hydrogens is 486 g/mol. The molecule has 0 heterocycles. The topological polar surface area (TPSA) is 6.48 Å². The molecule has 168 valence electrons. The molecule has 0 atom stereocenters. The molecule has 0 N–H and O–H groups in total. The van der Waals surface area contributed by atoms with E-state index in [-0.39, 0.29) is 19.5 Å². The molecule has 0 aromatic rings. The molecule has 0 amide bonds. The molecule has 0 radical (unpaired) electrons. The molecule has 0 saturated heterocycles. The number of hydrogen-bond donors (Lipinski definition) is 0. The molecular formula is C22H44N2S4Zn. The minimum Gasteiger partial charge on any atom is -0.411 e. The SMILES string of the molecule is CCCCCN(CCCCC)C(=S)[S-].CCCCCN(CCCCC)C(=S)[S-].[Zn+2]. The van der Waals surface area contributed by atoms with Crippen LogP contribution in [0.5, 0.6) is 0 Å². The minimum absolute atomic E-state index is 0. The first-order valence-corrected chi connectivity index (χ1v) is 13.0. The quantitative estimate of drug-likeness (QED) is 0.0912. The van der Waals surface area contributed by atoms with E-state index in [9.17, 15) is 0 Å². The molecule has 0 aliphatic carbocycles. The molecule has 0 unspecified atom stereocenters. The zero-order chi connectivity index (χ0) is 21.6. The van der Waals surface area contributed by atoms with Crippen molar-refractivity contribution in [2.75, 3.05) is 26.2 Å². The van der Waals surface area contributed by atoms with Gasteiger partial charge in [-0.25, -0.2) is 0 Å². The average Bonchev–Trinajstić information content (AvgIpc) is 2.66. The van der Waals surface area contributed by atoms with Gasteiger partial charge in [-0.1, -0.05) is 87.7 Å². The third-order valence-corrected chi connectivity index (χ3v) is 5.68. The van der Waals surface area contributed by atoms with E-state index in [0.29, 0.717) is 8.64 Å². The first-order valence-electron chi connectivity index (χ1n) is 11.4. The summed E-state index contributed by atoms with van der Waals surface area (Å²) in [5.41, 5.74) is 0. The van der Waals surface area contributed by atoms with Gasteiger partial charge in [0.2, 0.25) is 0 Å². The van der Waals surface area contributed by atoms with Gasteiger partial charge in [0.1, 0.15) is 0 Å². The Kier molecular flexibility index (Phi) is 31.9. The van der Waals surface area contributed by atoms with Crippen molar-refractivity contribution < 1.29 is 19.5 Å². The summed E-state index contributed by atoms with van der Waals surface area (Å²) in [4.78, 5) is 4.35. The van der Waals surface area contributed by atoms with E-state index in [1.807, 2.05) is 0 Å². The van der Waals surface area contributed by atoms with Crippen LogP contribution in [0.4, 0.5) is 0 Å². The van der Waals surface area contributed by atoms with E-state index in [2.05, 4.69) is 37.5 Å². The molecule has 7 heteroatoms. The third kappa shape index (κ3) is 25.0. The summed E-state index contributed by atoms with van der Waals surface area (Å²) in [6, 6.07) is 0. The van der Waals surface area contributed by atoms with Gasteiger partial charge in [-0.15, -0.1) is 0 Å². The number of unbranched alkanes of at least 4 members (excludes halogenated alkanes) is 8. The van der Waals surface area contributed by atoms with Crippen LogP contribution in [0.15, 0.2) is 0 Å². The Morgan fingerprint density at radius 3 is 0.862 bits per heavy atom. The normalized spacial score (nSPS) is 9.79. The van der Waals surface area contributed by atoms with Crippen molar-refractivity contribution in [1.82, 2.24) is 9.80 Å². The van der Waals surface area contributed by atoms with Crippen molar-refractivity contribution in [3.05, 3.63) is 0 Å². The predicted molar refractivity (Wildman–Crippen MR) is 141 cm³/mol. The van der Waals surface area contributed by atoms with Gasteiger partial charge in [-0.3, -0.25) is 0 Å². The maximum absolute atomic E-state index is 5.06. The van der Waals surface area contributed by atoms with E-state index in [0.717, 1.165) is 26.2 Å². The molecule has 0 aromatic carbocycles. The van der Waals surface area contributed by atoms with E-state index in [1.165, 1.54) is 77.0 Å². The molecule has 0 aromatic heterocycles. The second kappa shape index (κ2) is 26.9. The van der Waals surface area contributed by atoms with Crippen LogP contribution in [0.2, 0.25) is 0 Å². The van der Waals surface area contributed by atoms with Crippen molar-refractivity contribution in [1.29, 1.82) is 0 Å². The summed E-state index contributed by atoms with van der Waals surface area (Å²) < 4.78 is 1.30. The summed E-state index contributed by atoms with van der Waals surface area (Å²) in [7, 11) is 0. The molecule has 0 rings (SSSR count). The van der Waals surface area contributed by atoms with Crippen molar-refractivity contribution >= 4 is 58.3 Å². The summed E-state index contributed by atoms with van der Waals surface area (Å²) in [5, 5.41) is 0. The Hall–Kier alpha value is 0.843. The molecule has 0 aliphatic rings.